The molecule has 1 aliphatic heterocycles. The highest BCUT2D eigenvalue weighted by atomic mass is 32.2. The van der Waals surface area contributed by atoms with Gasteiger partial charge in [0.25, 0.3) is 0 Å². The lowest BCUT2D eigenvalue weighted by Crippen LogP contribution is -2.67. The van der Waals surface area contributed by atoms with Gasteiger partial charge in [-0.05, 0) is 103 Å². The first-order valence-corrected chi connectivity index (χ1v) is 22.5. The SMILES string of the molecule is CC1(C)c2cc(N(c3ccc(-c4ccccc4)cc3)c3ccc(-c4ccccc4)cc3)ccc2-c2c1ccc1c2Sc2ccccc2[Si]1(C)c1ccccc1. The van der Waals surface area contributed by atoms with Crippen LogP contribution in [0, 0.1) is 0 Å². The van der Waals surface area contributed by atoms with Gasteiger partial charge >= 0.3 is 0 Å². The molecule has 8 aromatic carbocycles. The minimum Gasteiger partial charge on any atom is -0.310 e. The Hall–Kier alpha value is -5.87. The van der Waals surface area contributed by atoms with Crippen molar-refractivity contribution in [2.75, 3.05) is 4.90 Å². The maximum absolute atomic E-state index is 2.56. The zero-order valence-corrected chi connectivity index (χ0v) is 33.1. The second kappa shape index (κ2) is 13.2. The minimum absolute atomic E-state index is 0.169. The van der Waals surface area contributed by atoms with E-state index in [2.05, 4.69) is 219 Å². The largest absolute Gasteiger partial charge is 0.310 e. The van der Waals surface area contributed by atoms with Crippen LogP contribution in [0.2, 0.25) is 6.55 Å². The van der Waals surface area contributed by atoms with Crippen molar-refractivity contribution in [1.82, 2.24) is 0 Å². The number of hydrogen-bond acceptors (Lipinski definition) is 2. The molecule has 0 amide bonds. The maximum atomic E-state index is 2.56. The van der Waals surface area contributed by atoms with E-state index in [1.807, 2.05) is 11.8 Å². The Morgan fingerprint density at radius 1 is 0.455 bits per heavy atom. The van der Waals surface area contributed by atoms with Gasteiger partial charge in [-0.2, -0.15) is 0 Å². The van der Waals surface area contributed by atoms with Crippen molar-refractivity contribution >= 4 is 52.5 Å². The average Bonchev–Trinajstić information content (AvgIpc) is 3.48. The molecule has 1 unspecified atom stereocenters. The fourth-order valence-electron chi connectivity index (χ4n) is 9.04. The zero-order valence-electron chi connectivity index (χ0n) is 31.3. The minimum atomic E-state index is -2.27. The summed E-state index contributed by atoms with van der Waals surface area (Å²) in [6.07, 6.45) is 0. The highest BCUT2D eigenvalue weighted by Crippen LogP contribution is 2.54. The van der Waals surface area contributed by atoms with E-state index in [1.165, 1.54) is 69.9 Å². The summed E-state index contributed by atoms with van der Waals surface area (Å²) >= 11 is 1.98. The summed E-state index contributed by atoms with van der Waals surface area (Å²) in [6, 6.07) is 71.9. The summed E-state index contributed by atoms with van der Waals surface area (Å²) in [5, 5.41) is 4.50. The lowest BCUT2D eigenvalue weighted by atomic mass is 9.82. The molecule has 0 saturated carbocycles. The van der Waals surface area contributed by atoms with Gasteiger partial charge in [0.05, 0.1) is 0 Å². The monoisotopic (exact) mass is 739 g/mol. The van der Waals surface area contributed by atoms with Crippen LogP contribution >= 0.6 is 11.8 Å². The van der Waals surface area contributed by atoms with Crippen molar-refractivity contribution in [2.45, 2.75) is 35.6 Å². The van der Waals surface area contributed by atoms with E-state index in [-0.39, 0.29) is 5.41 Å². The molecule has 3 heteroatoms. The molecule has 2 aliphatic rings. The number of rotatable bonds is 6. The van der Waals surface area contributed by atoms with Gasteiger partial charge < -0.3 is 4.90 Å². The third kappa shape index (κ3) is 5.45. The molecule has 10 rings (SSSR count). The molecule has 55 heavy (non-hydrogen) atoms. The summed E-state index contributed by atoms with van der Waals surface area (Å²) in [7, 11) is -2.27. The van der Waals surface area contributed by atoms with Crippen LogP contribution in [0.1, 0.15) is 25.0 Å². The van der Waals surface area contributed by atoms with E-state index in [9.17, 15) is 0 Å². The van der Waals surface area contributed by atoms with Crippen molar-refractivity contribution in [3.63, 3.8) is 0 Å². The number of benzene rings is 8. The van der Waals surface area contributed by atoms with Gasteiger partial charge in [-0.1, -0.05) is 184 Å². The number of fused-ring (bicyclic) bond motifs is 6. The number of anilines is 3. The molecule has 8 aromatic rings. The van der Waals surface area contributed by atoms with Crippen molar-refractivity contribution in [3.05, 3.63) is 205 Å². The van der Waals surface area contributed by atoms with Crippen LogP contribution in [-0.2, 0) is 5.41 Å². The molecule has 0 saturated heterocycles. The van der Waals surface area contributed by atoms with Crippen molar-refractivity contribution in [3.8, 4) is 33.4 Å². The van der Waals surface area contributed by atoms with Gasteiger partial charge in [-0.3, -0.25) is 0 Å². The van der Waals surface area contributed by atoms with E-state index < -0.39 is 8.07 Å². The average molecular weight is 740 g/mol. The third-order valence-electron chi connectivity index (χ3n) is 12.0. The second-order valence-electron chi connectivity index (χ2n) is 15.5. The number of nitrogens with zero attached hydrogens (tertiary/aromatic N) is 1. The maximum Gasteiger partial charge on any atom is 0.148 e. The Morgan fingerprint density at radius 3 is 1.56 bits per heavy atom. The summed E-state index contributed by atoms with van der Waals surface area (Å²) in [5.41, 5.74) is 13.7. The first kappa shape index (κ1) is 33.7. The van der Waals surface area contributed by atoms with Crippen LogP contribution in [0.4, 0.5) is 17.1 Å². The summed E-state index contributed by atoms with van der Waals surface area (Å²) in [4.78, 5) is 5.26. The van der Waals surface area contributed by atoms with E-state index in [0.29, 0.717) is 0 Å². The molecule has 0 fully saturated rings. The van der Waals surface area contributed by atoms with Crippen LogP contribution in [-0.4, -0.2) is 8.07 Å². The summed E-state index contributed by atoms with van der Waals surface area (Å²) < 4.78 is 0. The van der Waals surface area contributed by atoms with Crippen LogP contribution in [0.5, 0.6) is 0 Å². The standard InChI is InChI=1S/C52H41NSSi/c1-52(2)45-33-34-49-51(54-47-21-13-14-22-48(47)55(49,3)43-19-11-6-12-20-43)50(45)44-32-31-42(35-46(44)52)53(40-27-23-38(24-28-40)36-15-7-4-8-16-36)41-29-25-39(26-30-41)37-17-9-5-10-18-37/h4-35H,1-3H3. The van der Waals surface area contributed by atoms with E-state index in [1.54, 1.807) is 0 Å². The normalized spacial score (nSPS) is 16.1. The first-order valence-electron chi connectivity index (χ1n) is 19.2. The van der Waals surface area contributed by atoms with Gasteiger partial charge in [0, 0.05) is 32.3 Å². The molecular formula is C52H41NSSi. The number of hydrogen-bond donors (Lipinski definition) is 0. The quantitative estimate of drug-likeness (QED) is 0.156. The Kier molecular flexibility index (Phi) is 8.06. The molecule has 1 nitrogen and oxygen atoms in total. The van der Waals surface area contributed by atoms with Crippen molar-refractivity contribution in [1.29, 1.82) is 0 Å². The predicted molar refractivity (Wildman–Crippen MR) is 237 cm³/mol. The highest BCUT2D eigenvalue weighted by Gasteiger charge is 2.45. The van der Waals surface area contributed by atoms with Crippen molar-refractivity contribution < 1.29 is 0 Å². The second-order valence-corrected chi connectivity index (χ2v) is 20.4. The zero-order chi connectivity index (χ0) is 37.1. The van der Waals surface area contributed by atoms with Gasteiger partial charge in [0.15, 0.2) is 0 Å². The molecule has 1 heterocycles. The van der Waals surface area contributed by atoms with Crippen LogP contribution in [0.15, 0.2) is 204 Å². The lowest BCUT2D eigenvalue weighted by molar-refractivity contribution is 0.660. The van der Waals surface area contributed by atoms with Gasteiger partial charge in [-0.25, -0.2) is 0 Å². The Morgan fingerprint density at radius 2 is 0.964 bits per heavy atom. The highest BCUT2D eigenvalue weighted by molar-refractivity contribution is 8.00. The lowest BCUT2D eigenvalue weighted by Gasteiger charge is -2.37. The smallest absolute Gasteiger partial charge is 0.148 e. The molecule has 0 aromatic heterocycles. The van der Waals surface area contributed by atoms with Crippen LogP contribution in [0.3, 0.4) is 0 Å². The first-order chi connectivity index (χ1) is 26.9. The Bertz CT molecular complexity index is 2600. The molecule has 0 radical (unpaired) electrons. The third-order valence-corrected chi connectivity index (χ3v) is 18.1. The topological polar surface area (TPSA) is 3.24 Å². The molecule has 1 aliphatic carbocycles. The molecule has 0 bridgehead atoms. The van der Waals surface area contributed by atoms with Gasteiger partial charge in [0.2, 0.25) is 0 Å². The van der Waals surface area contributed by atoms with Gasteiger partial charge in [0.1, 0.15) is 8.07 Å². The van der Waals surface area contributed by atoms with Crippen molar-refractivity contribution in [2.24, 2.45) is 0 Å². The fraction of sp³-hybridized carbons (Fsp3) is 0.0769. The van der Waals surface area contributed by atoms with E-state index in [4.69, 9.17) is 0 Å². The molecule has 0 N–H and O–H groups in total. The molecule has 0 spiro atoms. The van der Waals surface area contributed by atoms with E-state index >= 15 is 0 Å². The Balaban J connectivity index is 1.12. The molecule has 1 atom stereocenters. The Labute approximate surface area is 330 Å². The molecular weight excluding hydrogens is 699 g/mol. The van der Waals surface area contributed by atoms with E-state index in [0.717, 1.165) is 17.1 Å². The summed E-state index contributed by atoms with van der Waals surface area (Å²) in [5.74, 6) is 0. The fourth-order valence-corrected chi connectivity index (χ4v) is 15.4. The summed E-state index contributed by atoms with van der Waals surface area (Å²) in [6.45, 7) is 7.38. The van der Waals surface area contributed by atoms with Gasteiger partial charge in [-0.15, -0.1) is 0 Å². The van der Waals surface area contributed by atoms with Crippen LogP contribution in [0.25, 0.3) is 33.4 Å². The predicted octanol–water partition coefficient (Wildman–Crippen LogP) is 12.4. The van der Waals surface area contributed by atoms with Crippen LogP contribution < -0.4 is 20.5 Å². The molecule has 264 valence electrons.